The molecule has 2 aromatic carbocycles. The largest absolute Gasteiger partial charge is 0.345 e. The fraction of sp³-hybridized carbons (Fsp3) is 0.375. The van der Waals surface area contributed by atoms with E-state index >= 15 is 0 Å². The van der Waals surface area contributed by atoms with E-state index in [9.17, 15) is 14.4 Å². The first kappa shape index (κ1) is 23.3. The summed E-state index contributed by atoms with van der Waals surface area (Å²) >= 11 is 0. The van der Waals surface area contributed by atoms with Crippen LogP contribution in [0.3, 0.4) is 0 Å². The second-order valence-corrected chi connectivity index (χ2v) is 7.91. The molecule has 2 aromatic rings. The van der Waals surface area contributed by atoms with Crippen molar-refractivity contribution < 1.29 is 14.4 Å². The lowest BCUT2D eigenvalue weighted by atomic mass is 10.0. The summed E-state index contributed by atoms with van der Waals surface area (Å²) in [5, 5.41) is 5.72. The SMILES string of the molecule is CC(=O)C(Cc1ccccc1)NC(=O)CN(C)CC(=O)Nc1c(C)cc(C)cc1C. The monoisotopic (exact) mass is 409 g/mol. The number of hydrogen-bond acceptors (Lipinski definition) is 4. The molecule has 0 bridgehead atoms. The van der Waals surface area contributed by atoms with Crippen LogP contribution in [0.15, 0.2) is 42.5 Å². The zero-order chi connectivity index (χ0) is 22.3. The maximum absolute atomic E-state index is 12.4. The summed E-state index contributed by atoms with van der Waals surface area (Å²) in [4.78, 5) is 38.4. The van der Waals surface area contributed by atoms with E-state index in [4.69, 9.17) is 0 Å². The first-order chi connectivity index (χ1) is 14.2. The van der Waals surface area contributed by atoms with Crippen LogP contribution in [-0.2, 0) is 20.8 Å². The summed E-state index contributed by atoms with van der Waals surface area (Å²) < 4.78 is 0. The van der Waals surface area contributed by atoms with Crippen molar-refractivity contribution in [3.63, 3.8) is 0 Å². The lowest BCUT2D eigenvalue weighted by molar-refractivity contribution is -0.128. The molecule has 0 aliphatic heterocycles. The number of rotatable bonds is 9. The van der Waals surface area contributed by atoms with E-state index in [1.807, 2.05) is 63.2 Å². The third-order valence-electron chi connectivity index (χ3n) is 4.88. The van der Waals surface area contributed by atoms with E-state index in [0.717, 1.165) is 27.9 Å². The number of hydrogen-bond donors (Lipinski definition) is 2. The van der Waals surface area contributed by atoms with Gasteiger partial charge in [0.05, 0.1) is 19.1 Å². The molecule has 0 aliphatic carbocycles. The molecule has 30 heavy (non-hydrogen) atoms. The van der Waals surface area contributed by atoms with Crippen LogP contribution in [0.2, 0.25) is 0 Å². The standard InChI is InChI=1S/C24H31N3O3/c1-16-11-17(2)24(18(3)12-16)26-23(30)15-27(5)14-22(29)25-21(19(4)28)13-20-9-7-6-8-10-20/h6-12,21H,13-15H2,1-5H3,(H,25,29)(H,26,30). The molecule has 2 rings (SSSR count). The van der Waals surface area contributed by atoms with Crippen LogP contribution in [0, 0.1) is 20.8 Å². The van der Waals surface area contributed by atoms with Crippen LogP contribution < -0.4 is 10.6 Å². The van der Waals surface area contributed by atoms with Gasteiger partial charge in [0.2, 0.25) is 11.8 Å². The number of carbonyl (C=O) groups excluding carboxylic acids is 3. The minimum absolute atomic E-state index is 0.0256. The molecule has 160 valence electrons. The summed E-state index contributed by atoms with van der Waals surface area (Å²) in [6.45, 7) is 7.51. The Kier molecular flexibility index (Phi) is 8.30. The van der Waals surface area contributed by atoms with Crippen molar-refractivity contribution in [3.05, 3.63) is 64.7 Å². The Morgan fingerprint density at radius 3 is 2.07 bits per heavy atom. The van der Waals surface area contributed by atoms with E-state index < -0.39 is 6.04 Å². The van der Waals surface area contributed by atoms with E-state index in [1.165, 1.54) is 6.92 Å². The summed E-state index contributed by atoms with van der Waals surface area (Å²) in [6, 6.07) is 13.0. The molecule has 2 amide bonds. The van der Waals surface area contributed by atoms with E-state index in [1.54, 1.807) is 11.9 Å². The van der Waals surface area contributed by atoms with Crippen molar-refractivity contribution in [1.82, 2.24) is 10.2 Å². The van der Waals surface area contributed by atoms with Crippen molar-refractivity contribution in [2.24, 2.45) is 0 Å². The molecular weight excluding hydrogens is 378 g/mol. The van der Waals surface area contributed by atoms with Crippen LogP contribution >= 0.6 is 0 Å². The normalized spacial score (nSPS) is 11.8. The van der Waals surface area contributed by atoms with Gasteiger partial charge in [-0.25, -0.2) is 0 Å². The van der Waals surface area contributed by atoms with Gasteiger partial charge in [0, 0.05) is 5.69 Å². The fourth-order valence-electron chi connectivity index (χ4n) is 3.49. The van der Waals surface area contributed by atoms with Gasteiger partial charge in [-0.15, -0.1) is 0 Å². The first-order valence-electron chi connectivity index (χ1n) is 10.1. The van der Waals surface area contributed by atoms with E-state index in [0.29, 0.717) is 6.42 Å². The van der Waals surface area contributed by atoms with Gasteiger partial charge in [-0.1, -0.05) is 48.0 Å². The van der Waals surface area contributed by atoms with Crippen LogP contribution in [0.25, 0.3) is 0 Å². The number of aryl methyl sites for hydroxylation is 3. The molecule has 0 saturated carbocycles. The van der Waals surface area contributed by atoms with Gasteiger partial charge in [0.15, 0.2) is 5.78 Å². The average molecular weight is 410 g/mol. The Morgan fingerprint density at radius 1 is 0.933 bits per heavy atom. The fourth-order valence-corrected chi connectivity index (χ4v) is 3.49. The van der Waals surface area contributed by atoms with Gasteiger partial charge in [-0.05, 0) is 57.9 Å². The highest BCUT2D eigenvalue weighted by molar-refractivity contribution is 5.94. The minimum Gasteiger partial charge on any atom is -0.345 e. The van der Waals surface area contributed by atoms with E-state index in [-0.39, 0.29) is 30.7 Å². The molecular formula is C24H31N3O3. The smallest absolute Gasteiger partial charge is 0.238 e. The number of nitrogens with zero attached hydrogens (tertiary/aromatic N) is 1. The number of ketones is 1. The number of carbonyl (C=O) groups is 3. The number of benzene rings is 2. The number of Topliss-reactive ketones (excluding diaryl/α,β-unsaturated/α-hetero) is 1. The van der Waals surface area contributed by atoms with Gasteiger partial charge in [-0.3, -0.25) is 19.3 Å². The maximum atomic E-state index is 12.4. The Morgan fingerprint density at radius 2 is 1.50 bits per heavy atom. The number of nitrogens with one attached hydrogen (secondary N) is 2. The van der Waals surface area contributed by atoms with E-state index in [2.05, 4.69) is 10.6 Å². The molecule has 6 heteroatoms. The van der Waals surface area contributed by atoms with Crippen LogP contribution in [-0.4, -0.2) is 48.7 Å². The predicted octanol–water partition coefficient (Wildman–Crippen LogP) is 2.80. The Bertz CT molecular complexity index is 886. The van der Waals surface area contributed by atoms with Gasteiger partial charge in [0.1, 0.15) is 0 Å². The topological polar surface area (TPSA) is 78.5 Å². The van der Waals surface area contributed by atoms with Gasteiger partial charge >= 0.3 is 0 Å². The molecule has 0 radical (unpaired) electrons. The Labute approximate surface area is 178 Å². The lowest BCUT2D eigenvalue weighted by Gasteiger charge is -2.20. The number of likely N-dealkylation sites (N-methyl/N-ethyl adjacent to an activating group) is 1. The molecule has 1 atom stereocenters. The van der Waals surface area contributed by atoms with Crippen LogP contribution in [0.1, 0.15) is 29.2 Å². The van der Waals surface area contributed by atoms with Crippen molar-refractivity contribution >= 4 is 23.3 Å². The summed E-state index contributed by atoms with van der Waals surface area (Å²) in [5.74, 6) is -0.574. The predicted molar refractivity (Wildman–Crippen MR) is 120 cm³/mol. The number of amides is 2. The third-order valence-corrected chi connectivity index (χ3v) is 4.88. The Hall–Kier alpha value is -2.99. The zero-order valence-electron chi connectivity index (χ0n) is 18.4. The van der Waals surface area contributed by atoms with Crippen molar-refractivity contribution in [3.8, 4) is 0 Å². The highest BCUT2D eigenvalue weighted by atomic mass is 16.2. The van der Waals surface area contributed by atoms with Crippen LogP contribution in [0.5, 0.6) is 0 Å². The van der Waals surface area contributed by atoms with Gasteiger partial charge in [0.25, 0.3) is 0 Å². The second-order valence-electron chi connectivity index (χ2n) is 7.91. The molecule has 0 spiro atoms. The van der Waals surface area contributed by atoms with Crippen LogP contribution in [0.4, 0.5) is 5.69 Å². The van der Waals surface area contributed by atoms with Crippen molar-refractivity contribution in [2.75, 3.05) is 25.5 Å². The summed E-state index contributed by atoms with van der Waals surface area (Å²) in [5.41, 5.74) is 4.95. The average Bonchev–Trinajstić information content (AvgIpc) is 2.64. The summed E-state index contributed by atoms with van der Waals surface area (Å²) in [7, 11) is 1.70. The first-order valence-corrected chi connectivity index (χ1v) is 10.1. The highest BCUT2D eigenvalue weighted by Crippen LogP contribution is 2.21. The third kappa shape index (κ3) is 7.12. The molecule has 2 N–H and O–H groups in total. The lowest BCUT2D eigenvalue weighted by Crippen LogP contribution is -2.46. The van der Waals surface area contributed by atoms with Gasteiger partial charge < -0.3 is 10.6 Å². The second kappa shape index (κ2) is 10.7. The minimum atomic E-state index is -0.583. The molecule has 1 unspecified atom stereocenters. The highest BCUT2D eigenvalue weighted by Gasteiger charge is 2.19. The number of anilines is 1. The summed E-state index contributed by atoms with van der Waals surface area (Å²) in [6.07, 6.45) is 0.443. The molecule has 0 aliphatic rings. The molecule has 0 saturated heterocycles. The zero-order valence-corrected chi connectivity index (χ0v) is 18.4. The quantitative estimate of drug-likeness (QED) is 0.668. The van der Waals surface area contributed by atoms with Crippen molar-refractivity contribution in [2.45, 2.75) is 40.2 Å². The van der Waals surface area contributed by atoms with Gasteiger partial charge in [-0.2, -0.15) is 0 Å². The molecule has 0 heterocycles. The molecule has 0 fully saturated rings. The molecule has 6 nitrogen and oxygen atoms in total. The molecule has 0 aromatic heterocycles. The maximum Gasteiger partial charge on any atom is 0.238 e. The van der Waals surface area contributed by atoms with Crippen molar-refractivity contribution in [1.29, 1.82) is 0 Å². The Balaban J connectivity index is 1.88.